The average Bonchev–Trinajstić information content (AvgIpc) is 3.13. The number of aromatic carboxylic acids is 1. The number of ether oxygens (including phenoxy) is 1. The lowest BCUT2D eigenvalue weighted by Gasteiger charge is -2.02. The van der Waals surface area contributed by atoms with Crippen LogP contribution in [-0.4, -0.2) is 26.4 Å². The number of aryl methyl sites for hydroxylation is 1. The predicted octanol–water partition coefficient (Wildman–Crippen LogP) is 2.31. The van der Waals surface area contributed by atoms with E-state index in [9.17, 15) is 4.79 Å². The van der Waals surface area contributed by atoms with Crippen LogP contribution in [0.2, 0.25) is 0 Å². The Morgan fingerprint density at radius 1 is 1.32 bits per heavy atom. The minimum atomic E-state index is -1.21. The Kier molecular flexibility index (Phi) is 3.57. The molecule has 0 spiro atoms. The maximum Gasteiger partial charge on any atom is 0.374 e. The van der Waals surface area contributed by atoms with Gasteiger partial charge in [-0.2, -0.15) is 0 Å². The highest BCUT2D eigenvalue weighted by atomic mass is 16.5. The van der Waals surface area contributed by atoms with Gasteiger partial charge in [-0.3, -0.25) is 4.98 Å². The summed E-state index contributed by atoms with van der Waals surface area (Å²) in [6.45, 7) is 1.86. The summed E-state index contributed by atoms with van der Waals surface area (Å²) in [6.07, 6.45) is 1.65. The number of rotatable bonds is 5. The smallest absolute Gasteiger partial charge is 0.374 e. The van der Waals surface area contributed by atoms with Crippen LogP contribution in [0.25, 0.3) is 11.4 Å². The summed E-state index contributed by atoms with van der Waals surface area (Å²) < 4.78 is 15.2. The Morgan fingerprint density at radius 3 is 2.86 bits per heavy atom. The molecule has 3 aromatic heterocycles. The highest BCUT2D eigenvalue weighted by Crippen LogP contribution is 2.24. The zero-order valence-electron chi connectivity index (χ0n) is 11.5. The second-order valence-electron chi connectivity index (χ2n) is 4.40. The number of hydrogen-bond acceptors (Lipinski definition) is 7. The van der Waals surface area contributed by atoms with Gasteiger partial charge in [0.2, 0.25) is 5.76 Å². The first-order valence-corrected chi connectivity index (χ1v) is 6.34. The molecule has 0 atom stereocenters. The Labute approximate surface area is 124 Å². The number of aromatic nitrogens is 3. The fourth-order valence-electron chi connectivity index (χ4n) is 1.84. The fraction of sp³-hybridized carbons (Fsp3) is 0.143. The number of nitrogens with zero attached hydrogens (tertiary/aromatic N) is 3. The molecule has 0 amide bonds. The Balaban J connectivity index is 1.80. The molecule has 0 aromatic carbocycles. The highest BCUT2D eigenvalue weighted by molar-refractivity contribution is 5.84. The van der Waals surface area contributed by atoms with Crippen LogP contribution in [0.15, 0.2) is 39.5 Å². The van der Waals surface area contributed by atoms with E-state index in [-0.39, 0.29) is 18.2 Å². The molecule has 0 aliphatic heterocycles. The monoisotopic (exact) mass is 301 g/mol. The number of pyridine rings is 1. The maximum atomic E-state index is 10.7. The second-order valence-corrected chi connectivity index (χ2v) is 4.40. The quantitative estimate of drug-likeness (QED) is 0.764. The maximum absolute atomic E-state index is 10.7. The van der Waals surface area contributed by atoms with E-state index in [0.717, 1.165) is 0 Å². The number of carboxylic acid groups (broad SMARTS) is 1. The fourth-order valence-corrected chi connectivity index (χ4v) is 1.84. The first-order chi connectivity index (χ1) is 10.6. The van der Waals surface area contributed by atoms with Crippen molar-refractivity contribution in [1.29, 1.82) is 0 Å². The van der Waals surface area contributed by atoms with Crippen LogP contribution < -0.4 is 4.74 Å². The molecule has 8 heteroatoms. The second kappa shape index (κ2) is 5.68. The minimum Gasteiger partial charge on any atom is -0.475 e. The number of carbonyl (C=O) groups is 1. The van der Waals surface area contributed by atoms with Crippen LogP contribution >= 0.6 is 0 Å². The van der Waals surface area contributed by atoms with Crippen molar-refractivity contribution < 1.29 is 23.7 Å². The first kappa shape index (κ1) is 13.8. The molecule has 3 aromatic rings. The minimum absolute atomic E-state index is 0.0740. The third kappa shape index (κ3) is 2.66. The van der Waals surface area contributed by atoms with Gasteiger partial charge in [0, 0.05) is 6.20 Å². The van der Waals surface area contributed by atoms with Gasteiger partial charge < -0.3 is 18.9 Å². The zero-order valence-corrected chi connectivity index (χ0v) is 11.5. The van der Waals surface area contributed by atoms with E-state index >= 15 is 0 Å². The Morgan fingerprint density at radius 2 is 2.18 bits per heavy atom. The van der Waals surface area contributed by atoms with Crippen molar-refractivity contribution in [2.75, 3.05) is 0 Å². The largest absolute Gasteiger partial charge is 0.475 e. The molecule has 0 radical (unpaired) electrons. The van der Waals surface area contributed by atoms with E-state index < -0.39 is 5.97 Å². The van der Waals surface area contributed by atoms with Crippen molar-refractivity contribution in [3.05, 3.63) is 47.5 Å². The lowest BCUT2D eigenvalue weighted by molar-refractivity contribution is 0.0651. The summed E-state index contributed by atoms with van der Waals surface area (Å²) in [5.41, 5.74) is 1.93. The van der Waals surface area contributed by atoms with Crippen LogP contribution in [0.1, 0.15) is 21.9 Å². The lowest BCUT2D eigenvalue weighted by Crippen LogP contribution is -1.99. The molecular formula is C14H11N3O5. The molecule has 0 fully saturated rings. The standard InChI is InChI=1S/C14H11N3O5/c1-8-9(7-20-12-6-11(14(18)19)22-16-12)13(17-21-8)10-4-2-3-5-15-10/h2-6H,7H2,1H3,(H,18,19). The van der Waals surface area contributed by atoms with E-state index in [1.807, 2.05) is 6.07 Å². The molecule has 0 bridgehead atoms. The summed E-state index contributed by atoms with van der Waals surface area (Å²) in [6, 6.07) is 6.65. The third-order valence-electron chi connectivity index (χ3n) is 2.96. The summed E-state index contributed by atoms with van der Waals surface area (Å²) >= 11 is 0. The zero-order chi connectivity index (χ0) is 15.5. The summed E-state index contributed by atoms with van der Waals surface area (Å²) in [4.78, 5) is 14.9. The van der Waals surface area contributed by atoms with E-state index in [0.29, 0.717) is 22.7 Å². The van der Waals surface area contributed by atoms with E-state index in [4.69, 9.17) is 14.4 Å². The van der Waals surface area contributed by atoms with E-state index in [2.05, 4.69) is 19.8 Å². The SMILES string of the molecule is Cc1onc(-c2ccccn2)c1COc1cc(C(=O)O)on1. The van der Waals surface area contributed by atoms with Gasteiger partial charge in [0.05, 0.1) is 17.3 Å². The van der Waals surface area contributed by atoms with E-state index in [1.54, 1.807) is 25.3 Å². The van der Waals surface area contributed by atoms with Gasteiger partial charge in [0.15, 0.2) is 0 Å². The van der Waals surface area contributed by atoms with Gasteiger partial charge in [-0.15, -0.1) is 0 Å². The Bertz CT molecular complexity index is 794. The van der Waals surface area contributed by atoms with Gasteiger partial charge in [0.25, 0.3) is 5.88 Å². The third-order valence-corrected chi connectivity index (χ3v) is 2.96. The van der Waals surface area contributed by atoms with Crippen LogP contribution in [0.4, 0.5) is 0 Å². The molecule has 8 nitrogen and oxygen atoms in total. The molecule has 0 saturated carbocycles. The van der Waals surface area contributed by atoms with Crippen molar-refractivity contribution in [2.45, 2.75) is 13.5 Å². The van der Waals surface area contributed by atoms with Crippen LogP contribution in [-0.2, 0) is 6.61 Å². The van der Waals surface area contributed by atoms with Crippen molar-refractivity contribution in [3.63, 3.8) is 0 Å². The highest BCUT2D eigenvalue weighted by Gasteiger charge is 2.18. The molecule has 0 unspecified atom stereocenters. The average molecular weight is 301 g/mol. The van der Waals surface area contributed by atoms with Crippen molar-refractivity contribution in [3.8, 4) is 17.3 Å². The van der Waals surface area contributed by atoms with Crippen molar-refractivity contribution in [2.24, 2.45) is 0 Å². The molecule has 0 aliphatic carbocycles. The van der Waals surface area contributed by atoms with Crippen LogP contribution in [0, 0.1) is 6.92 Å². The molecule has 22 heavy (non-hydrogen) atoms. The summed E-state index contributed by atoms with van der Waals surface area (Å²) in [5.74, 6) is -0.841. The van der Waals surface area contributed by atoms with Gasteiger partial charge in [-0.1, -0.05) is 11.2 Å². The summed E-state index contributed by atoms with van der Waals surface area (Å²) in [5, 5.41) is 16.3. The first-order valence-electron chi connectivity index (χ1n) is 6.34. The molecule has 1 N–H and O–H groups in total. The van der Waals surface area contributed by atoms with Crippen molar-refractivity contribution in [1.82, 2.24) is 15.3 Å². The number of hydrogen-bond donors (Lipinski definition) is 1. The molecule has 112 valence electrons. The van der Waals surface area contributed by atoms with E-state index in [1.165, 1.54) is 6.07 Å². The normalized spacial score (nSPS) is 10.6. The predicted molar refractivity (Wildman–Crippen MR) is 72.3 cm³/mol. The van der Waals surface area contributed by atoms with Gasteiger partial charge in [-0.25, -0.2) is 4.79 Å². The van der Waals surface area contributed by atoms with Gasteiger partial charge in [0.1, 0.15) is 18.1 Å². The Hall–Kier alpha value is -3.16. The van der Waals surface area contributed by atoms with Crippen LogP contribution in [0.5, 0.6) is 5.88 Å². The molecule has 3 heterocycles. The van der Waals surface area contributed by atoms with Gasteiger partial charge >= 0.3 is 5.97 Å². The topological polar surface area (TPSA) is 111 Å². The molecule has 0 saturated heterocycles. The molecule has 0 aliphatic rings. The number of carboxylic acids is 1. The molecular weight excluding hydrogens is 290 g/mol. The van der Waals surface area contributed by atoms with Crippen LogP contribution in [0.3, 0.4) is 0 Å². The summed E-state index contributed by atoms with van der Waals surface area (Å²) in [7, 11) is 0. The van der Waals surface area contributed by atoms with Gasteiger partial charge in [-0.05, 0) is 24.2 Å². The lowest BCUT2D eigenvalue weighted by atomic mass is 10.1. The molecule has 3 rings (SSSR count). The van der Waals surface area contributed by atoms with Crippen molar-refractivity contribution >= 4 is 5.97 Å².